The normalized spacial score (nSPS) is 11.0. The molecule has 0 aliphatic rings. The lowest BCUT2D eigenvalue weighted by atomic mass is 10.0. The second-order valence-corrected chi connectivity index (χ2v) is 8.80. The van der Waals surface area contributed by atoms with Crippen LogP contribution < -0.4 is 5.63 Å². The molecular formula is C27H17NO6S. The SMILES string of the molecule is O=C(OCc1cc(=O)oc2ccc3ccccc3c12)c1ccc(Sc2ccccc2)c([N+](=O)[O-])c1. The van der Waals surface area contributed by atoms with Gasteiger partial charge in [0.2, 0.25) is 0 Å². The van der Waals surface area contributed by atoms with Gasteiger partial charge in [-0.2, -0.15) is 0 Å². The van der Waals surface area contributed by atoms with Gasteiger partial charge in [-0.1, -0.05) is 60.3 Å². The summed E-state index contributed by atoms with van der Waals surface area (Å²) in [6.45, 7) is -0.191. The van der Waals surface area contributed by atoms with Crippen molar-refractivity contribution in [1.82, 2.24) is 0 Å². The van der Waals surface area contributed by atoms with Crippen LogP contribution in [0.5, 0.6) is 0 Å². The van der Waals surface area contributed by atoms with E-state index in [-0.39, 0.29) is 17.9 Å². The highest BCUT2D eigenvalue weighted by atomic mass is 32.2. The van der Waals surface area contributed by atoms with Gasteiger partial charge < -0.3 is 9.15 Å². The first-order valence-electron chi connectivity index (χ1n) is 10.6. The van der Waals surface area contributed by atoms with Crippen LogP contribution in [0.4, 0.5) is 5.69 Å². The lowest BCUT2D eigenvalue weighted by Gasteiger charge is -2.10. The molecule has 0 aliphatic heterocycles. The van der Waals surface area contributed by atoms with E-state index in [1.54, 1.807) is 6.07 Å². The first kappa shape index (κ1) is 22.4. The standard InChI is InChI=1S/C27H17NO6S/c29-25-15-19(26-21-9-5-4-6-17(21)10-12-23(26)34-25)16-33-27(30)18-11-13-24(22(14-18)28(31)32)35-20-7-2-1-3-8-20/h1-15H,16H2. The van der Waals surface area contributed by atoms with Crippen molar-refractivity contribution in [1.29, 1.82) is 0 Å². The van der Waals surface area contributed by atoms with Crippen LogP contribution in [0.3, 0.4) is 0 Å². The van der Waals surface area contributed by atoms with E-state index in [0.29, 0.717) is 21.4 Å². The Bertz CT molecular complexity index is 1650. The van der Waals surface area contributed by atoms with Gasteiger partial charge >= 0.3 is 11.6 Å². The van der Waals surface area contributed by atoms with Gasteiger partial charge in [0.25, 0.3) is 5.69 Å². The van der Waals surface area contributed by atoms with Gasteiger partial charge in [-0.15, -0.1) is 0 Å². The Morgan fingerprint density at radius 3 is 2.51 bits per heavy atom. The molecule has 0 radical (unpaired) electrons. The van der Waals surface area contributed by atoms with E-state index in [1.165, 1.54) is 36.0 Å². The predicted octanol–water partition coefficient (Wildman–Crippen LogP) is 6.36. The number of hydrogen-bond acceptors (Lipinski definition) is 7. The van der Waals surface area contributed by atoms with Gasteiger partial charge in [-0.25, -0.2) is 9.59 Å². The summed E-state index contributed by atoms with van der Waals surface area (Å²) in [5, 5.41) is 14.2. The average molecular weight is 484 g/mol. The Balaban J connectivity index is 1.44. The quantitative estimate of drug-likeness (QED) is 0.0910. The highest BCUT2D eigenvalue weighted by Crippen LogP contribution is 2.35. The molecule has 172 valence electrons. The summed E-state index contributed by atoms with van der Waals surface area (Å²) in [4.78, 5) is 37.3. The number of hydrogen-bond donors (Lipinski definition) is 0. The molecule has 0 saturated carbocycles. The van der Waals surface area contributed by atoms with Crippen molar-refractivity contribution in [2.45, 2.75) is 16.4 Å². The third-order valence-corrected chi connectivity index (χ3v) is 6.51. The minimum atomic E-state index is -0.731. The Morgan fingerprint density at radius 2 is 1.71 bits per heavy atom. The maximum atomic E-state index is 12.8. The number of nitro benzene ring substituents is 1. The number of benzene rings is 4. The summed E-state index contributed by atoms with van der Waals surface area (Å²) in [5.41, 5.74) is 0.181. The fraction of sp³-hybridized carbons (Fsp3) is 0.0370. The Kier molecular flexibility index (Phi) is 6.03. The molecule has 0 bridgehead atoms. The molecule has 4 aromatic carbocycles. The molecule has 0 N–H and O–H groups in total. The average Bonchev–Trinajstić information content (AvgIpc) is 2.87. The maximum absolute atomic E-state index is 12.8. The van der Waals surface area contributed by atoms with Crippen LogP contribution in [0, 0.1) is 10.1 Å². The van der Waals surface area contributed by atoms with Crippen LogP contribution in [-0.4, -0.2) is 10.9 Å². The third-order valence-electron chi connectivity index (χ3n) is 5.44. The summed E-state index contributed by atoms with van der Waals surface area (Å²) >= 11 is 1.24. The smallest absolute Gasteiger partial charge is 0.338 e. The molecule has 5 rings (SSSR count). The number of ether oxygens (including phenoxy) is 1. The van der Waals surface area contributed by atoms with Crippen LogP contribution in [0.1, 0.15) is 15.9 Å². The number of carbonyl (C=O) groups excluding carboxylic acids is 1. The summed E-state index contributed by atoms with van der Waals surface area (Å²) in [7, 11) is 0. The minimum absolute atomic E-state index is 0.0474. The van der Waals surface area contributed by atoms with E-state index >= 15 is 0 Å². The molecule has 0 fully saturated rings. The largest absolute Gasteiger partial charge is 0.457 e. The van der Waals surface area contributed by atoms with Gasteiger partial charge in [0.15, 0.2) is 0 Å². The summed E-state index contributed by atoms with van der Waals surface area (Å²) < 4.78 is 10.8. The van der Waals surface area contributed by atoms with Crippen molar-refractivity contribution in [3.8, 4) is 0 Å². The number of carbonyl (C=O) groups is 1. The molecule has 0 unspecified atom stereocenters. The van der Waals surface area contributed by atoms with Crippen molar-refractivity contribution in [3.05, 3.63) is 123 Å². The topological polar surface area (TPSA) is 99.7 Å². The molecule has 1 aromatic heterocycles. The van der Waals surface area contributed by atoms with Crippen molar-refractivity contribution in [2.24, 2.45) is 0 Å². The fourth-order valence-corrected chi connectivity index (χ4v) is 4.77. The second-order valence-electron chi connectivity index (χ2n) is 7.68. The lowest BCUT2D eigenvalue weighted by molar-refractivity contribution is -0.387. The fourth-order valence-electron chi connectivity index (χ4n) is 3.85. The van der Waals surface area contributed by atoms with Gasteiger partial charge in [0.05, 0.1) is 15.4 Å². The molecule has 0 saturated heterocycles. The minimum Gasteiger partial charge on any atom is -0.457 e. The first-order chi connectivity index (χ1) is 17.0. The zero-order valence-electron chi connectivity index (χ0n) is 18.2. The molecule has 0 amide bonds. The summed E-state index contributed by atoms with van der Waals surface area (Å²) in [5.74, 6) is -0.731. The molecule has 35 heavy (non-hydrogen) atoms. The van der Waals surface area contributed by atoms with Crippen LogP contribution in [0.2, 0.25) is 0 Å². The molecule has 0 aliphatic carbocycles. The Labute approximate surface area is 203 Å². The van der Waals surface area contributed by atoms with Gasteiger partial charge in [-0.3, -0.25) is 10.1 Å². The van der Waals surface area contributed by atoms with Gasteiger partial charge in [-0.05, 0) is 41.1 Å². The zero-order valence-corrected chi connectivity index (χ0v) is 19.0. The number of nitro groups is 1. The zero-order chi connectivity index (χ0) is 24.4. The number of rotatable bonds is 6. The second kappa shape index (κ2) is 9.44. The molecule has 8 heteroatoms. The molecule has 7 nitrogen and oxygen atoms in total. The van der Waals surface area contributed by atoms with E-state index in [9.17, 15) is 19.7 Å². The van der Waals surface area contributed by atoms with E-state index in [4.69, 9.17) is 9.15 Å². The highest BCUT2D eigenvalue weighted by molar-refractivity contribution is 7.99. The molecular weight excluding hydrogens is 466 g/mol. The summed E-state index contributed by atoms with van der Waals surface area (Å²) in [6.07, 6.45) is 0. The van der Waals surface area contributed by atoms with E-state index in [1.807, 2.05) is 60.7 Å². The monoisotopic (exact) mass is 483 g/mol. The maximum Gasteiger partial charge on any atom is 0.338 e. The number of esters is 1. The van der Waals surface area contributed by atoms with Gasteiger partial charge in [0, 0.05) is 28.0 Å². The molecule has 5 aromatic rings. The third kappa shape index (κ3) is 4.64. The van der Waals surface area contributed by atoms with Crippen molar-refractivity contribution in [3.63, 3.8) is 0 Å². The van der Waals surface area contributed by atoms with E-state index in [2.05, 4.69) is 0 Å². The van der Waals surface area contributed by atoms with E-state index < -0.39 is 16.5 Å². The van der Waals surface area contributed by atoms with Crippen LogP contribution in [-0.2, 0) is 11.3 Å². The predicted molar refractivity (Wildman–Crippen MR) is 133 cm³/mol. The number of nitrogens with zero attached hydrogens (tertiary/aromatic N) is 1. The van der Waals surface area contributed by atoms with Crippen molar-refractivity contribution >= 4 is 45.2 Å². The molecule has 0 atom stereocenters. The van der Waals surface area contributed by atoms with Gasteiger partial charge in [0.1, 0.15) is 12.2 Å². The Hall–Kier alpha value is -4.43. The molecule has 1 heterocycles. The number of fused-ring (bicyclic) bond motifs is 3. The van der Waals surface area contributed by atoms with Crippen LogP contribution in [0.25, 0.3) is 21.7 Å². The lowest BCUT2D eigenvalue weighted by Crippen LogP contribution is -2.08. The summed E-state index contributed by atoms with van der Waals surface area (Å²) in [6, 6.07) is 25.9. The highest BCUT2D eigenvalue weighted by Gasteiger charge is 2.20. The first-order valence-corrected chi connectivity index (χ1v) is 11.4. The van der Waals surface area contributed by atoms with Crippen LogP contribution >= 0.6 is 11.8 Å². The molecule has 0 spiro atoms. The van der Waals surface area contributed by atoms with Crippen molar-refractivity contribution in [2.75, 3.05) is 0 Å². The Morgan fingerprint density at radius 1 is 0.943 bits per heavy atom. The van der Waals surface area contributed by atoms with Crippen LogP contribution in [0.15, 0.2) is 110 Å². The van der Waals surface area contributed by atoms with Crippen molar-refractivity contribution < 1.29 is 18.9 Å². The van der Waals surface area contributed by atoms with E-state index in [0.717, 1.165) is 15.7 Å².